The molecule has 2 fully saturated rings. The molecule has 2 aromatic rings. The van der Waals surface area contributed by atoms with Crippen LogP contribution in [0.3, 0.4) is 0 Å². The fraction of sp³-hybridized carbons (Fsp3) is 0.556. The van der Waals surface area contributed by atoms with E-state index < -0.39 is 7.29 Å². The highest BCUT2D eigenvalue weighted by atomic mass is 31.2. The van der Waals surface area contributed by atoms with Crippen LogP contribution >= 0.6 is 7.29 Å². The number of hydrogen-bond acceptors (Lipinski definition) is 1. The van der Waals surface area contributed by atoms with Crippen LogP contribution in [0.5, 0.6) is 0 Å². The van der Waals surface area contributed by atoms with Crippen molar-refractivity contribution in [1.29, 1.82) is 0 Å². The van der Waals surface area contributed by atoms with Crippen LogP contribution in [-0.4, -0.2) is 30.8 Å². The van der Waals surface area contributed by atoms with Gasteiger partial charge in [-0.25, -0.2) is 4.67 Å². The summed E-state index contributed by atoms with van der Waals surface area (Å²) in [6, 6.07) is 19.5. The van der Waals surface area contributed by atoms with E-state index in [0.29, 0.717) is 0 Å². The third-order valence-corrected chi connectivity index (χ3v) is 10.8. The maximum absolute atomic E-state index is 15.4. The molecule has 0 radical (unpaired) electrons. The van der Waals surface area contributed by atoms with Crippen LogP contribution in [-0.2, 0) is 9.98 Å². The van der Waals surface area contributed by atoms with Crippen LogP contribution in [0.4, 0.5) is 0 Å². The van der Waals surface area contributed by atoms with Crippen molar-refractivity contribution in [2.45, 2.75) is 70.5 Å². The number of piperidine rings is 2. The maximum atomic E-state index is 15.4. The molecule has 2 heterocycles. The fourth-order valence-electron chi connectivity index (χ4n) is 5.42. The van der Waals surface area contributed by atoms with E-state index in [1.54, 1.807) is 0 Å². The first kappa shape index (κ1) is 22.8. The van der Waals surface area contributed by atoms with Crippen molar-refractivity contribution in [3.8, 4) is 0 Å². The van der Waals surface area contributed by atoms with E-state index in [9.17, 15) is 0 Å². The van der Waals surface area contributed by atoms with E-state index >= 15 is 4.57 Å². The normalized spacial score (nSPS) is 22.0. The van der Waals surface area contributed by atoms with E-state index in [0.717, 1.165) is 44.3 Å². The number of likely N-dealkylation sites (tertiary alicyclic amines) is 1. The van der Waals surface area contributed by atoms with Gasteiger partial charge in [0.1, 0.15) is 0 Å². The molecule has 2 aromatic carbocycles. The average Bonchev–Trinajstić information content (AvgIpc) is 2.81. The van der Waals surface area contributed by atoms with Crippen LogP contribution in [0.1, 0.15) is 76.2 Å². The first-order valence-corrected chi connectivity index (χ1v) is 14.0. The Morgan fingerprint density at radius 2 is 1.39 bits per heavy atom. The second-order valence-electron chi connectivity index (χ2n) is 10.5. The highest BCUT2D eigenvalue weighted by molar-refractivity contribution is 7.69. The molecule has 0 aromatic heterocycles. The summed E-state index contributed by atoms with van der Waals surface area (Å²) >= 11 is 0. The third-order valence-electron chi connectivity index (χ3n) is 7.20. The first-order chi connectivity index (χ1) is 14.9. The second-order valence-corrected chi connectivity index (χ2v) is 13.3. The summed E-state index contributed by atoms with van der Waals surface area (Å²) in [6.07, 6.45) is 7.34. The molecule has 0 aliphatic carbocycles. The van der Waals surface area contributed by atoms with E-state index in [1.165, 1.54) is 41.7 Å². The standard InChI is InChI=1S/C27H39N2OP/c1-27(2,3)24-17-15-23(16-18-24)26(28-19-9-5-10-20-28)31(30,25-13-7-4-8-14-25)29-21-11-6-12-22-29/h4,7-8,13-18,26H,5-6,9-12,19-22H2,1-3H3/p+1/t26-,31-/m1/s1. The van der Waals surface area contributed by atoms with Crippen LogP contribution in [0.25, 0.3) is 0 Å². The minimum Gasteiger partial charge on any atom is -0.321 e. The van der Waals surface area contributed by atoms with Gasteiger partial charge < -0.3 is 4.90 Å². The van der Waals surface area contributed by atoms with E-state index in [1.807, 2.05) is 6.07 Å². The largest absolute Gasteiger partial charge is 0.321 e. The minimum atomic E-state index is -2.81. The highest BCUT2D eigenvalue weighted by Gasteiger charge is 2.48. The summed E-state index contributed by atoms with van der Waals surface area (Å²) < 4.78 is 17.7. The zero-order valence-electron chi connectivity index (χ0n) is 19.6. The van der Waals surface area contributed by atoms with Gasteiger partial charge in [-0.2, -0.15) is 0 Å². The van der Waals surface area contributed by atoms with Gasteiger partial charge in [-0.3, -0.25) is 4.57 Å². The summed E-state index contributed by atoms with van der Waals surface area (Å²) in [7, 11) is -2.81. The van der Waals surface area contributed by atoms with Crippen LogP contribution in [0, 0.1) is 0 Å². The van der Waals surface area contributed by atoms with Crippen molar-refractivity contribution in [3.63, 3.8) is 0 Å². The first-order valence-electron chi connectivity index (χ1n) is 12.3. The van der Waals surface area contributed by atoms with Crippen LogP contribution in [0.15, 0.2) is 54.6 Å². The summed E-state index contributed by atoms with van der Waals surface area (Å²) in [6.45, 7) is 10.9. The SMILES string of the molecule is CC(C)(C)c1ccc([C@H]([NH+]2CCCCC2)[P@](=O)(c2ccccc2)N2CCCCC2)cc1. The van der Waals surface area contributed by atoms with Gasteiger partial charge in [0.2, 0.25) is 7.29 Å². The second kappa shape index (κ2) is 9.61. The lowest BCUT2D eigenvalue weighted by molar-refractivity contribution is -0.922. The summed E-state index contributed by atoms with van der Waals surface area (Å²) in [4.78, 5) is 1.52. The maximum Gasteiger partial charge on any atom is 0.238 e. The number of nitrogens with zero attached hydrogens (tertiary/aromatic N) is 1. The van der Waals surface area contributed by atoms with Crippen molar-refractivity contribution in [1.82, 2.24) is 4.67 Å². The Morgan fingerprint density at radius 1 is 0.806 bits per heavy atom. The van der Waals surface area contributed by atoms with Crippen molar-refractivity contribution in [2.24, 2.45) is 0 Å². The van der Waals surface area contributed by atoms with E-state index in [4.69, 9.17) is 0 Å². The smallest absolute Gasteiger partial charge is 0.238 e. The zero-order valence-corrected chi connectivity index (χ0v) is 20.5. The van der Waals surface area contributed by atoms with Crippen LogP contribution in [0.2, 0.25) is 0 Å². The van der Waals surface area contributed by atoms with Gasteiger partial charge in [-0.1, -0.05) is 69.7 Å². The molecule has 2 saturated heterocycles. The quantitative estimate of drug-likeness (QED) is 0.653. The van der Waals surface area contributed by atoms with Crippen molar-refractivity contribution in [2.75, 3.05) is 26.2 Å². The highest BCUT2D eigenvalue weighted by Crippen LogP contribution is 2.59. The molecule has 1 N–H and O–H groups in total. The third kappa shape index (κ3) is 4.85. The average molecular weight is 440 g/mol. The number of hydrogen-bond donors (Lipinski definition) is 1. The molecule has 0 saturated carbocycles. The molecule has 2 aliphatic rings. The van der Waals surface area contributed by atoms with Gasteiger partial charge in [-0.05, 0) is 55.2 Å². The van der Waals surface area contributed by atoms with E-state index in [-0.39, 0.29) is 11.2 Å². The molecule has 0 amide bonds. The lowest BCUT2D eigenvalue weighted by atomic mass is 9.86. The Labute approximate surface area is 189 Å². The summed E-state index contributed by atoms with van der Waals surface area (Å²) in [5.41, 5.74) is 2.72. The summed E-state index contributed by atoms with van der Waals surface area (Å²) in [5.74, 6) is 0.0160. The fourth-order valence-corrected chi connectivity index (χ4v) is 9.18. The number of quaternary nitrogens is 1. The van der Waals surface area contributed by atoms with Gasteiger partial charge in [0.25, 0.3) is 0 Å². The molecule has 2 aliphatic heterocycles. The van der Waals surface area contributed by atoms with Gasteiger partial charge >= 0.3 is 0 Å². The van der Waals surface area contributed by atoms with E-state index in [2.05, 4.69) is 74.0 Å². The monoisotopic (exact) mass is 439 g/mol. The molecule has 4 heteroatoms. The topological polar surface area (TPSA) is 24.8 Å². The Kier molecular flexibility index (Phi) is 7.06. The van der Waals surface area contributed by atoms with Crippen LogP contribution < -0.4 is 10.2 Å². The Bertz CT molecular complexity index is 876. The lowest BCUT2D eigenvalue weighted by Crippen LogP contribution is -3.13. The zero-order chi connectivity index (χ0) is 21.9. The molecule has 31 heavy (non-hydrogen) atoms. The molecule has 0 bridgehead atoms. The summed E-state index contributed by atoms with van der Waals surface area (Å²) in [5, 5.41) is 1.04. The van der Waals surface area contributed by atoms with Crippen molar-refractivity contribution < 1.29 is 9.46 Å². The number of benzene rings is 2. The van der Waals surface area contributed by atoms with Gasteiger partial charge in [0.15, 0.2) is 5.78 Å². The molecule has 4 rings (SSSR count). The molecule has 0 spiro atoms. The minimum absolute atomic E-state index is 0.0160. The molecular formula is C27H40N2OP+. The molecule has 3 nitrogen and oxygen atoms in total. The Balaban J connectivity index is 1.83. The lowest BCUT2D eigenvalue weighted by Gasteiger charge is -2.43. The Morgan fingerprint density at radius 3 is 1.97 bits per heavy atom. The van der Waals surface area contributed by atoms with Gasteiger partial charge in [-0.15, -0.1) is 0 Å². The van der Waals surface area contributed by atoms with Crippen molar-refractivity contribution >= 4 is 12.6 Å². The predicted octanol–water partition coefficient (Wildman–Crippen LogP) is 5.14. The van der Waals surface area contributed by atoms with Gasteiger partial charge in [0.05, 0.1) is 13.1 Å². The predicted molar refractivity (Wildman–Crippen MR) is 132 cm³/mol. The number of rotatable bonds is 5. The molecule has 168 valence electrons. The van der Waals surface area contributed by atoms with Crippen molar-refractivity contribution in [3.05, 3.63) is 65.7 Å². The molecular weight excluding hydrogens is 399 g/mol. The Hall–Kier alpha value is -1.41. The molecule has 0 unspecified atom stereocenters. The molecule has 2 atom stereocenters. The van der Waals surface area contributed by atoms with Gasteiger partial charge in [0, 0.05) is 24.0 Å². The number of nitrogens with one attached hydrogen (secondary N) is 1.